The molecule has 4 nitrogen and oxygen atoms in total. The fourth-order valence-corrected chi connectivity index (χ4v) is 2.39. The maximum Gasteiger partial charge on any atom is 0.283 e. The van der Waals surface area contributed by atoms with Gasteiger partial charge in [-0.1, -0.05) is 35.9 Å². The molecule has 2 aromatic carbocycles. The van der Waals surface area contributed by atoms with E-state index in [1.54, 1.807) is 12.1 Å². The van der Waals surface area contributed by atoms with Crippen LogP contribution in [-0.2, 0) is 13.1 Å². The Morgan fingerprint density at radius 2 is 1.95 bits per heavy atom. The topological polar surface area (TPSA) is 55.2 Å². The monoisotopic (exact) mass is 354 g/mol. The smallest absolute Gasteiger partial charge is 0.283 e. The molecule has 6 heteroatoms. The fraction of sp³-hybridized carbons (Fsp3) is 0.143. The van der Waals surface area contributed by atoms with E-state index in [4.69, 9.17) is 11.6 Å². The zero-order chi connectivity index (χ0) is 14.5. The molecule has 2 rings (SSSR count). The van der Waals surface area contributed by atoms with Crippen molar-refractivity contribution in [1.29, 1.82) is 0 Å². The highest BCUT2D eigenvalue weighted by Crippen LogP contribution is 2.25. The fourth-order valence-electron chi connectivity index (χ4n) is 1.79. The van der Waals surface area contributed by atoms with Crippen LogP contribution in [0.2, 0.25) is 5.02 Å². The number of hydrogen-bond donors (Lipinski definition) is 1. The lowest BCUT2D eigenvalue weighted by Gasteiger charge is -2.07. The Labute approximate surface area is 130 Å². The third-order valence-electron chi connectivity index (χ3n) is 2.81. The first-order valence-electron chi connectivity index (χ1n) is 5.95. The number of rotatable bonds is 5. The molecular weight excluding hydrogens is 344 g/mol. The number of nitro groups is 1. The molecule has 0 unspecified atom stereocenters. The highest BCUT2D eigenvalue weighted by Gasteiger charge is 2.12. The average molecular weight is 356 g/mol. The Hall–Kier alpha value is -1.43. The number of nitro benzene ring substituents is 1. The molecule has 0 heterocycles. The second-order valence-corrected chi connectivity index (χ2v) is 5.50. The number of nitrogens with zero attached hydrogens (tertiary/aromatic N) is 1. The van der Waals surface area contributed by atoms with Crippen LogP contribution in [0, 0.1) is 10.1 Å². The highest BCUT2D eigenvalue weighted by atomic mass is 79.9. The lowest BCUT2D eigenvalue weighted by atomic mass is 10.2. The van der Waals surface area contributed by atoms with Crippen LogP contribution in [0.4, 0.5) is 5.69 Å². The van der Waals surface area contributed by atoms with Crippen molar-refractivity contribution in [2.45, 2.75) is 13.1 Å². The number of nitrogens with one attached hydrogen (secondary N) is 1. The van der Waals surface area contributed by atoms with Crippen LogP contribution in [0.1, 0.15) is 11.1 Å². The lowest BCUT2D eigenvalue weighted by Crippen LogP contribution is -2.13. The summed E-state index contributed by atoms with van der Waals surface area (Å²) < 4.78 is 0.484. The third-order valence-corrected chi connectivity index (χ3v) is 3.85. The van der Waals surface area contributed by atoms with Gasteiger partial charge in [-0.3, -0.25) is 10.1 Å². The zero-order valence-electron chi connectivity index (χ0n) is 10.5. The molecule has 0 spiro atoms. The summed E-state index contributed by atoms with van der Waals surface area (Å²) >= 11 is 9.22. The van der Waals surface area contributed by atoms with Crippen LogP contribution < -0.4 is 5.32 Å². The molecule has 0 aliphatic heterocycles. The molecule has 104 valence electrons. The molecule has 2 aromatic rings. The van der Waals surface area contributed by atoms with E-state index in [1.807, 2.05) is 30.3 Å². The van der Waals surface area contributed by atoms with Crippen LogP contribution in [-0.4, -0.2) is 4.92 Å². The summed E-state index contributed by atoms with van der Waals surface area (Å²) in [5.74, 6) is 0. The summed E-state index contributed by atoms with van der Waals surface area (Å²) in [6, 6.07) is 12.7. The van der Waals surface area contributed by atoms with Crippen LogP contribution in [0.3, 0.4) is 0 Å². The normalized spacial score (nSPS) is 10.5. The first-order chi connectivity index (χ1) is 9.58. The number of halogens is 2. The summed E-state index contributed by atoms with van der Waals surface area (Å²) in [5.41, 5.74) is 1.93. The quantitative estimate of drug-likeness (QED) is 0.642. The van der Waals surface area contributed by atoms with Gasteiger partial charge in [-0.25, -0.2) is 0 Å². The van der Waals surface area contributed by atoms with E-state index >= 15 is 0 Å². The molecule has 0 aromatic heterocycles. The van der Waals surface area contributed by atoms with Gasteiger partial charge < -0.3 is 5.32 Å². The van der Waals surface area contributed by atoms with Gasteiger partial charge in [-0.05, 0) is 39.2 Å². The lowest BCUT2D eigenvalue weighted by molar-refractivity contribution is -0.385. The summed E-state index contributed by atoms with van der Waals surface area (Å²) in [7, 11) is 0. The van der Waals surface area contributed by atoms with Crippen LogP contribution in [0.25, 0.3) is 0 Å². The Bertz CT molecular complexity index is 634. The van der Waals surface area contributed by atoms with Crippen LogP contribution in [0.5, 0.6) is 0 Å². The van der Waals surface area contributed by atoms with E-state index < -0.39 is 4.92 Å². The van der Waals surface area contributed by atoms with Gasteiger partial charge >= 0.3 is 0 Å². The van der Waals surface area contributed by atoms with E-state index in [1.165, 1.54) is 0 Å². The van der Waals surface area contributed by atoms with E-state index in [0.29, 0.717) is 22.6 Å². The Kier molecular flexibility index (Phi) is 5.11. The van der Waals surface area contributed by atoms with Gasteiger partial charge in [0.05, 0.1) is 9.40 Å². The predicted octanol–water partition coefficient (Wildman–Crippen LogP) is 4.30. The third kappa shape index (κ3) is 3.79. The summed E-state index contributed by atoms with van der Waals surface area (Å²) in [6.45, 7) is 1.16. The minimum absolute atomic E-state index is 0.0713. The molecule has 0 fully saturated rings. The maximum atomic E-state index is 10.9. The second kappa shape index (κ2) is 6.83. The van der Waals surface area contributed by atoms with E-state index in [9.17, 15) is 10.1 Å². The standard InChI is InChI=1S/C14H12BrClN2O2/c15-12-6-5-10(7-14(12)18(19)20)8-17-9-11-3-1-2-4-13(11)16/h1-7,17H,8-9H2. The molecule has 0 atom stereocenters. The predicted molar refractivity (Wildman–Crippen MR) is 82.8 cm³/mol. The van der Waals surface area contributed by atoms with Crippen molar-refractivity contribution >= 4 is 33.2 Å². The SMILES string of the molecule is O=[N+]([O-])c1cc(CNCc2ccccc2Cl)ccc1Br. The molecule has 20 heavy (non-hydrogen) atoms. The highest BCUT2D eigenvalue weighted by molar-refractivity contribution is 9.10. The molecule has 1 N–H and O–H groups in total. The molecule has 0 saturated carbocycles. The largest absolute Gasteiger partial charge is 0.309 e. The molecule has 0 amide bonds. The summed E-state index contributed by atoms with van der Waals surface area (Å²) in [5, 5.41) is 14.8. The van der Waals surface area contributed by atoms with E-state index in [2.05, 4.69) is 21.2 Å². The average Bonchev–Trinajstić information content (AvgIpc) is 2.42. The Balaban J connectivity index is 2.00. The summed E-state index contributed by atoms with van der Waals surface area (Å²) in [6.07, 6.45) is 0. The zero-order valence-corrected chi connectivity index (χ0v) is 12.8. The molecule has 0 bridgehead atoms. The first kappa shape index (κ1) is 15.0. The van der Waals surface area contributed by atoms with Crippen molar-refractivity contribution in [2.24, 2.45) is 0 Å². The van der Waals surface area contributed by atoms with Crippen LogP contribution >= 0.6 is 27.5 Å². The molecular formula is C14H12BrClN2O2. The van der Waals surface area contributed by atoms with Crippen molar-refractivity contribution in [3.63, 3.8) is 0 Å². The van der Waals surface area contributed by atoms with Gasteiger partial charge in [-0.15, -0.1) is 0 Å². The van der Waals surface area contributed by atoms with Crippen LogP contribution in [0.15, 0.2) is 46.9 Å². The van der Waals surface area contributed by atoms with Crippen molar-refractivity contribution in [2.75, 3.05) is 0 Å². The Morgan fingerprint density at radius 3 is 2.65 bits per heavy atom. The van der Waals surface area contributed by atoms with E-state index in [0.717, 1.165) is 11.1 Å². The minimum Gasteiger partial charge on any atom is -0.309 e. The van der Waals surface area contributed by atoms with Crippen molar-refractivity contribution < 1.29 is 4.92 Å². The van der Waals surface area contributed by atoms with Gasteiger partial charge in [-0.2, -0.15) is 0 Å². The van der Waals surface area contributed by atoms with Gasteiger partial charge in [0, 0.05) is 24.2 Å². The number of benzene rings is 2. The molecule has 0 saturated heterocycles. The number of hydrogen-bond acceptors (Lipinski definition) is 3. The van der Waals surface area contributed by atoms with Crippen molar-refractivity contribution in [3.05, 3.63) is 73.2 Å². The molecule has 0 radical (unpaired) electrons. The Morgan fingerprint density at radius 1 is 1.20 bits per heavy atom. The summed E-state index contributed by atoms with van der Waals surface area (Å²) in [4.78, 5) is 10.5. The van der Waals surface area contributed by atoms with Gasteiger partial charge in [0.1, 0.15) is 0 Å². The first-order valence-corrected chi connectivity index (χ1v) is 7.12. The maximum absolute atomic E-state index is 10.9. The molecule has 0 aliphatic rings. The van der Waals surface area contributed by atoms with Gasteiger partial charge in [0.2, 0.25) is 0 Å². The van der Waals surface area contributed by atoms with E-state index in [-0.39, 0.29) is 5.69 Å². The van der Waals surface area contributed by atoms with Gasteiger partial charge in [0.25, 0.3) is 5.69 Å². The molecule has 0 aliphatic carbocycles. The van der Waals surface area contributed by atoms with Crippen molar-refractivity contribution in [1.82, 2.24) is 5.32 Å². The minimum atomic E-state index is -0.401. The van der Waals surface area contributed by atoms with Crippen molar-refractivity contribution in [3.8, 4) is 0 Å². The second-order valence-electron chi connectivity index (χ2n) is 4.24. The van der Waals surface area contributed by atoms with Gasteiger partial charge in [0.15, 0.2) is 0 Å².